The fraction of sp³-hybridized carbons (Fsp3) is 0.621. The Labute approximate surface area is 235 Å². The number of hydrogen-bond acceptors (Lipinski definition) is 7. The zero-order valence-corrected chi connectivity index (χ0v) is 23.3. The molecule has 4 amide bonds. The number of aldehydes is 1. The fourth-order valence-corrected chi connectivity index (χ4v) is 5.99. The number of carbonyl (C=O) groups is 5. The zero-order chi connectivity index (χ0) is 28.8. The largest absolute Gasteiger partial charge is 0.391 e. The number of likely N-dealkylation sites (N-methyl/N-ethyl adjacent to an activating group) is 1. The number of benzene rings is 1. The van der Waals surface area contributed by atoms with Crippen LogP contribution in [0.15, 0.2) is 24.3 Å². The van der Waals surface area contributed by atoms with Gasteiger partial charge in [0.15, 0.2) is 0 Å². The van der Waals surface area contributed by atoms with Gasteiger partial charge in [0.1, 0.15) is 18.4 Å². The van der Waals surface area contributed by atoms with E-state index in [0.29, 0.717) is 36.8 Å². The van der Waals surface area contributed by atoms with Crippen LogP contribution >= 0.6 is 0 Å². The predicted octanol–water partition coefficient (Wildman–Crippen LogP) is 0.494. The molecule has 1 aromatic carbocycles. The highest BCUT2D eigenvalue weighted by molar-refractivity contribution is 5.96. The number of aliphatic hydroxyl groups is 1. The van der Waals surface area contributed by atoms with Crippen molar-refractivity contribution in [2.24, 2.45) is 0 Å². The van der Waals surface area contributed by atoms with Crippen LogP contribution in [0.1, 0.15) is 74.2 Å². The number of hydrogen-bond donors (Lipinski definition) is 4. The Morgan fingerprint density at radius 1 is 1.10 bits per heavy atom. The van der Waals surface area contributed by atoms with E-state index in [4.69, 9.17) is 0 Å². The van der Waals surface area contributed by atoms with Crippen molar-refractivity contribution in [1.29, 1.82) is 0 Å². The van der Waals surface area contributed by atoms with E-state index < -0.39 is 30.3 Å². The molecule has 0 aliphatic carbocycles. The van der Waals surface area contributed by atoms with Gasteiger partial charge in [-0.1, -0.05) is 25.0 Å². The molecule has 0 bridgehead atoms. The predicted molar refractivity (Wildman–Crippen MR) is 147 cm³/mol. The second-order valence-electron chi connectivity index (χ2n) is 11.2. The first-order valence-electron chi connectivity index (χ1n) is 14.3. The third-order valence-corrected chi connectivity index (χ3v) is 8.44. The minimum atomic E-state index is -0.663. The molecule has 0 radical (unpaired) electrons. The first kappa shape index (κ1) is 29.7. The van der Waals surface area contributed by atoms with Gasteiger partial charge in [0.25, 0.3) is 5.91 Å². The van der Waals surface area contributed by atoms with E-state index in [0.717, 1.165) is 32.0 Å². The first-order chi connectivity index (χ1) is 19.2. The minimum Gasteiger partial charge on any atom is -0.391 e. The molecule has 0 saturated carbocycles. The lowest BCUT2D eigenvalue weighted by Crippen LogP contribution is -2.57. The molecular weight excluding hydrogens is 514 g/mol. The van der Waals surface area contributed by atoms with E-state index in [2.05, 4.69) is 16.0 Å². The fourth-order valence-electron chi connectivity index (χ4n) is 5.99. The van der Waals surface area contributed by atoms with Crippen LogP contribution in [-0.2, 0) is 25.7 Å². The monoisotopic (exact) mass is 555 g/mol. The second-order valence-corrected chi connectivity index (χ2v) is 11.2. The van der Waals surface area contributed by atoms with Crippen LogP contribution < -0.4 is 16.0 Å². The summed E-state index contributed by atoms with van der Waals surface area (Å²) < 4.78 is 0. The maximum atomic E-state index is 13.6. The van der Waals surface area contributed by atoms with Crippen LogP contribution in [0, 0.1) is 0 Å². The molecule has 4 N–H and O–H groups in total. The SMILES string of the molecule is CN[C@@H](C)C(=O)N[C@H]1CCCC[C@H]2CC[C@@H](C(=O)NCc3cccc(C(=O)N4CC(O)CCC4C=O)c3)N2C1=O. The topological polar surface area (TPSA) is 148 Å². The van der Waals surface area contributed by atoms with Gasteiger partial charge in [-0.3, -0.25) is 19.2 Å². The Balaban J connectivity index is 1.41. The summed E-state index contributed by atoms with van der Waals surface area (Å²) in [5.41, 5.74) is 1.08. The molecule has 11 nitrogen and oxygen atoms in total. The molecule has 3 saturated heterocycles. The molecule has 4 rings (SSSR count). The van der Waals surface area contributed by atoms with Crippen LogP contribution in [0.2, 0.25) is 0 Å². The average Bonchev–Trinajstić information content (AvgIpc) is 3.38. The van der Waals surface area contributed by atoms with Crippen molar-refractivity contribution in [2.45, 2.75) is 101 Å². The lowest BCUT2D eigenvalue weighted by molar-refractivity contribution is -0.144. The van der Waals surface area contributed by atoms with E-state index >= 15 is 0 Å². The second kappa shape index (κ2) is 13.4. The third-order valence-electron chi connectivity index (χ3n) is 8.44. The summed E-state index contributed by atoms with van der Waals surface area (Å²) in [6.07, 6.45) is 5.40. The van der Waals surface area contributed by atoms with E-state index in [1.54, 1.807) is 43.1 Å². The maximum absolute atomic E-state index is 13.6. The Kier molecular flexibility index (Phi) is 9.91. The van der Waals surface area contributed by atoms with E-state index in [-0.39, 0.29) is 42.8 Å². The summed E-state index contributed by atoms with van der Waals surface area (Å²) in [6, 6.07) is 4.54. The maximum Gasteiger partial charge on any atom is 0.254 e. The van der Waals surface area contributed by atoms with Crippen molar-refractivity contribution >= 4 is 29.9 Å². The molecular formula is C29H41N5O6. The molecule has 6 atom stereocenters. The van der Waals surface area contributed by atoms with E-state index in [1.807, 2.05) is 0 Å². The number of nitrogens with zero attached hydrogens (tertiary/aromatic N) is 2. The molecule has 40 heavy (non-hydrogen) atoms. The zero-order valence-electron chi connectivity index (χ0n) is 23.3. The molecule has 218 valence electrons. The normalized spacial score (nSPS) is 27.7. The van der Waals surface area contributed by atoms with Crippen molar-refractivity contribution in [1.82, 2.24) is 25.8 Å². The van der Waals surface area contributed by atoms with Crippen molar-refractivity contribution in [2.75, 3.05) is 13.6 Å². The van der Waals surface area contributed by atoms with Crippen LogP contribution in [0.4, 0.5) is 0 Å². The van der Waals surface area contributed by atoms with Crippen molar-refractivity contribution < 1.29 is 29.1 Å². The Bertz CT molecular complexity index is 1110. The summed E-state index contributed by atoms with van der Waals surface area (Å²) >= 11 is 0. The van der Waals surface area contributed by atoms with Gasteiger partial charge in [-0.15, -0.1) is 0 Å². The number of nitrogens with one attached hydrogen (secondary N) is 3. The number of likely N-dealkylation sites (tertiary alicyclic amines) is 1. The summed E-state index contributed by atoms with van der Waals surface area (Å²) in [5.74, 6) is -1.05. The van der Waals surface area contributed by atoms with Gasteiger partial charge in [-0.25, -0.2) is 0 Å². The smallest absolute Gasteiger partial charge is 0.254 e. The van der Waals surface area contributed by atoms with Crippen molar-refractivity contribution in [3.05, 3.63) is 35.4 Å². The van der Waals surface area contributed by atoms with Gasteiger partial charge in [-0.2, -0.15) is 0 Å². The van der Waals surface area contributed by atoms with Gasteiger partial charge in [-0.05, 0) is 70.2 Å². The third kappa shape index (κ3) is 6.69. The lowest BCUT2D eigenvalue weighted by Gasteiger charge is -2.35. The molecule has 3 heterocycles. The standard InChI is InChI=1S/C29H41N5O6/c1-18(30-2)26(37)32-24-9-4-3-8-21-11-13-25(34(21)29(24)40)27(38)31-15-19-6-5-7-20(14-19)28(39)33-16-23(36)12-10-22(33)17-35/h5-7,14,17-18,21-25,30,36H,3-4,8-13,15-16H2,1-2H3,(H,31,38)(H,32,37)/t18-,21-,22?,23?,24-,25-/m0/s1. The number of piperidine rings is 1. The molecule has 0 spiro atoms. The molecule has 2 unspecified atom stereocenters. The quantitative estimate of drug-likeness (QED) is 0.341. The van der Waals surface area contributed by atoms with Gasteiger partial charge < -0.3 is 35.7 Å². The van der Waals surface area contributed by atoms with Crippen LogP contribution in [0.25, 0.3) is 0 Å². The van der Waals surface area contributed by atoms with Crippen molar-refractivity contribution in [3.63, 3.8) is 0 Å². The molecule has 0 aromatic heterocycles. The molecule has 3 fully saturated rings. The summed E-state index contributed by atoms with van der Waals surface area (Å²) in [6.45, 7) is 2.00. The molecule has 11 heteroatoms. The van der Waals surface area contributed by atoms with Crippen LogP contribution in [0.3, 0.4) is 0 Å². The van der Waals surface area contributed by atoms with Crippen LogP contribution in [0.5, 0.6) is 0 Å². The number of β-amino-alcohol motifs (C(OH)–C–C–N with tert-alkyl or cyclic N) is 1. The number of rotatable bonds is 8. The van der Waals surface area contributed by atoms with Crippen LogP contribution in [-0.4, -0.2) is 94.7 Å². The van der Waals surface area contributed by atoms with Gasteiger partial charge in [0.05, 0.1) is 18.2 Å². The summed E-state index contributed by atoms with van der Waals surface area (Å²) in [5, 5.41) is 18.7. The lowest BCUT2D eigenvalue weighted by atomic mass is 9.98. The molecule has 1 aromatic rings. The highest BCUT2D eigenvalue weighted by Gasteiger charge is 2.44. The van der Waals surface area contributed by atoms with Crippen molar-refractivity contribution in [3.8, 4) is 0 Å². The number of carbonyl (C=O) groups excluding carboxylic acids is 5. The Morgan fingerprint density at radius 2 is 1.88 bits per heavy atom. The number of aliphatic hydroxyl groups excluding tert-OH is 1. The van der Waals surface area contributed by atoms with Gasteiger partial charge in [0, 0.05) is 24.7 Å². The summed E-state index contributed by atoms with van der Waals surface area (Å²) in [4.78, 5) is 67.1. The average molecular weight is 556 g/mol. The molecule has 3 aliphatic rings. The summed E-state index contributed by atoms with van der Waals surface area (Å²) in [7, 11) is 1.69. The minimum absolute atomic E-state index is 0.0312. The molecule has 3 aliphatic heterocycles. The number of fused-ring (bicyclic) bond motifs is 1. The van der Waals surface area contributed by atoms with E-state index in [9.17, 15) is 29.1 Å². The van der Waals surface area contributed by atoms with Gasteiger partial charge >= 0.3 is 0 Å². The Hall–Kier alpha value is -3.31. The Morgan fingerprint density at radius 3 is 2.62 bits per heavy atom. The van der Waals surface area contributed by atoms with E-state index in [1.165, 1.54) is 4.90 Å². The number of amides is 4. The highest BCUT2D eigenvalue weighted by Crippen LogP contribution is 2.31. The van der Waals surface area contributed by atoms with Gasteiger partial charge in [0.2, 0.25) is 17.7 Å². The first-order valence-corrected chi connectivity index (χ1v) is 14.3. The highest BCUT2D eigenvalue weighted by atomic mass is 16.3.